The second kappa shape index (κ2) is 5.37. The highest BCUT2D eigenvalue weighted by Crippen LogP contribution is 2.43. The topological polar surface area (TPSA) is 66.8 Å². The first-order valence-corrected chi connectivity index (χ1v) is 7.65. The van der Waals surface area contributed by atoms with Crippen molar-refractivity contribution in [2.24, 2.45) is 0 Å². The van der Waals surface area contributed by atoms with Gasteiger partial charge in [-0.15, -0.1) is 0 Å². The number of para-hydroxylation sites is 1. The number of ketones is 1. The molecule has 0 saturated heterocycles. The molecule has 0 radical (unpaired) electrons. The number of carbonyl (C=O) groups excluding carboxylic acids is 1. The highest BCUT2D eigenvalue weighted by molar-refractivity contribution is 6.15. The first-order chi connectivity index (χ1) is 12.1. The lowest BCUT2D eigenvalue weighted by molar-refractivity contribution is 0.103. The van der Waals surface area contributed by atoms with E-state index in [2.05, 4.69) is 0 Å². The summed E-state index contributed by atoms with van der Waals surface area (Å²) in [7, 11) is 4.47. The molecule has 0 amide bonds. The van der Waals surface area contributed by atoms with Gasteiger partial charge in [-0.2, -0.15) is 0 Å². The molecule has 0 N–H and O–H groups in total. The van der Waals surface area contributed by atoms with Crippen molar-refractivity contribution < 1.29 is 19.0 Å². The zero-order chi connectivity index (χ0) is 17.7. The maximum atomic E-state index is 13.1. The Balaban J connectivity index is 2.18. The Hall–Kier alpha value is -3.28. The van der Waals surface area contributed by atoms with E-state index in [1.165, 1.54) is 25.9 Å². The minimum absolute atomic E-state index is 0.188. The van der Waals surface area contributed by atoms with E-state index in [-0.39, 0.29) is 11.3 Å². The molecule has 0 bridgehead atoms. The molecule has 3 aromatic rings. The third-order valence-corrected chi connectivity index (χ3v) is 4.45. The molecule has 1 aliphatic heterocycles. The molecule has 6 heteroatoms. The van der Waals surface area contributed by atoms with E-state index < -0.39 is 0 Å². The van der Waals surface area contributed by atoms with Crippen molar-refractivity contribution in [1.29, 1.82) is 0 Å². The minimum atomic E-state index is -0.301. The Labute approximate surface area is 143 Å². The summed E-state index contributed by atoms with van der Waals surface area (Å²) >= 11 is 0. The van der Waals surface area contributed by atoms with Crippen LogP contribution in [0.5, 0.6) is 17.2 Å². The average Bonchev–Trinajstić information content (AvgIpc) is 2.93. The quantitative estimate of drug-likeness (QED) is 0.575. The minimum Gasteiger partial charge on any atom is -0.493 e. The van der Waals surface area contributed by atoms with Crippen LogP contribution in [0.25, 0.3) is 16.5 Å². The van der Waals surface area contributed by atoms with Crippen LogP contribution in [0.2, 0.25) is 0 Å². The number of hydrogen-bond acceptors (Lipinski definition) is 5. The summed E-state index contributed by atoms with van der Waals surface area (Å²) in [5.74, 6) is 0.944. The number of hydrogen-bond donors (Lipinski definition) is 0. The van der Waals surface area contributed by atoms with Crippen LogP contribution in [-0.2, 0) is 0 Å². The number of rotatable bonds is 3. The molecule has 126 valence electrons. The summed E-state index contributed by atoms with van der Waals surface area (Å²) < 4.78 is 17.6. The summed E-state index contributed by atoms with van der Waals surface area (Å²) in [6.07, 6.45) is 0. The molecule has 0 aliphatic carbocycles. The predicted molar refractivity (Wildman–Crippen MR) is 92.6 cm³/mol. The highest BCUT2D eigenvalue weighted by atomic mass is 16.5. The van der Waals surface area contributed by atoms with E-state index in [0.717, 1.165) is 0 Å². The third kappa shape index (κ3) is 1.91. The number of pyridine rings is 1. The Morgan fingerprint density at radius 2 is 1.56 bits per heavy atom. The number of ether oxygens (including phenoxy) is 3. The Kier molecular flexibility index (Phi) is 3.28. The lowest BCUT2D eigenvalue weighted by atomic mass is 10.1. The van der Waals surface area contributed by atoms with Crippen LogP contribution in [0.3, 0.4) is 0 Å². The van der Waals surface area contributed by atoms with Crippen LogP contribution in [-0.4, -0.2) is 31.7 Å². The van der Waals surface area contributed by atoms with Crippen LogP contribution in [0.1, 0.15) is 16.1 Å². The molecule has 0 unspecified atom stereocenters. The number of fused-ring (bicyclic) bond motifs is 4. The summed E-state index contributed by atoms with van der Waals surface area (Å²) in [5.41, 5.74) is 1.10. The fourth-order valence-corrected chi connectivity index (χ4v) is 3.33. The third-order valence-electron chi connectivity index (χ3n) is 4.45. The van der Waals surface area contributed by atoms with E-state index in [1.54, 1.807) is 36.4 Å². The average molecular weight is 337 g/mol. The van der Waals surface area contributed by atoms with Gasteiger partial charge in [0.15, 0.2) is 11.5 Å². The van der Waals surface area contributed by atoms with E-state index in [9.17, 15) is 9.59 Å². The molecule has 4 rings (SSSR count). The van der Waals surface area contributed by atoms with E-state index in [4.69, 9.17) is 14.2 Å². The molecular formula is C19H15NO5. The van der Waals surface area contributed by atoms with Gasteiger partial charge in [-0.05, 0) is 24.3 Å². The maximum absolute atomic E-state index is 13.1. The normalized spacial score (nSPS) is 12.0. The first kappa shape index (κ1) is 15.3. The molecule has 2 aromatic carbocycles. The Bertz CT molecular complexity index is 1100. The largest absolute Gasteiger partial charge is 0.493 e. The van der Waals surface area contributed by atoms with Gasteiger partial charge in [-0.1, -0.05) is 12.1 Å². The summed E-state index contributed by atoms with van der Waals surface area (Å²) in [4.78, 5) is 25.8. The molecule has 1 aromatic heterocycles. The Morgan fingerprint density at radius 3 is 2.24 bits per heavy atom. The predicted octanol–water partition coefficient (Wildman–Crippen LogP) is 2.56. The van der Waals surface area contributed by atoms with Crippen LogP contribution >= 0.6 is 0 Å². The fraction of sp³-hybridized carbons (Fsp3) is 0.158. The van der Waals surface area contributed by atoms with Crippen molar-refractivity contribution in [3.8, 4) is 22.9 Å². The molecule has 0 fully saturated rings. The highest BCUT2D eigenvalue weighted by Gasteiger charge is 2.30. The summed E-state index contributed by atoms with van der Waals surface area (Å²) in [6, 6.07) is 10.3. The first-order valence-electron chi connectivity index (χ1n) is 7.65. The van der Waals surface area contributed by atoms with E-state index in [1.807, 2.05) is 0 Å². The molecule has 0 atom stereocenters. The number of nitrogens with zero attached hydrogens (tertiary/aromatic N) is 1. The van der Waals surface area contributed by atoms with Crippen molar-refractivity contribution in [3.05, 3.63) is 58.0 Å². The summed E-state index contributed by atoms with van der Waals surface area (Å²) in [5, 5.41) is 0.903. The zero-order valence-electron chi connectivity index (χ0n) is 14.0. The molecular weight excluding hydrogens is 322 g/mol. The van der Waals surface area contributed by atoms with Gasteiger partial charge in [0.2, 0.25) is 11.5 Å². The zero-order valence-corrected chi connectivity index (χ0v) is 14.0. The lowest BCUT2D eigenvalue weighted by Gasteiger charge is -2.15. The van der Waals surface area contributed by atoms with Crippen molar-refractivity contribution in [1.82, 2.24) is 4.57 Å². The smallest absolute Gasteiger partial charge is 0.263 e. The van der Waals surface area contributed by atoms with Crippen LogP contribution in [0, 0.1) is 0 Å². The van der Waals surface area contributed by atoms with Crippen molar-refractivity contribution in [3.63, 3.8) is 0 Å². The van der Waals surface area contributed by atoms with Crippen LogP contribution in [0.15, 0.2) is 41.2 Å². The standard InChI is InChI=1S/C19H15NO5/c1-23-15-9-12-11(17(24-2)18(15)25-3)8-14-16(21)10-6-4-5-7-13(10)20(14)19(12)22/h4-9H,1-3H3. The van der Waals surface area contributed by atoms with Gasteiger partial charge < -0.3 is 14.2 Å². The number of aromatic nitrogens is 1. The van der Waals surface area contributed by atoms with E-state index in [0.29, 0.717) is 45.0 Å². The second-order valence-corrected chi connectivity index (χ2v) is 5.62. The fourth-order valence-electron chi connectivity index (χ4n) is 3.33. The molecule has 25 heavy (non-hydrogen) atoms. The lowest BCUT2D eigenvalue weighted by Crippen LogP contribution is -2.20. The van der Waals surface area contributed by atoms with Crippen molar-refractivity contribution >= 4 is 16.6 Å². The maximum Gasteiger partial charge on any atom is 0.263 e. The SMILES string of the molecule is COc1cc2c(=O)n3c(cc2c(OC)c1OC)C(=O)c1ccccc1-3. The van der Waals surface area contributed by atoms with Gasteiger partial charge in [0.25, 0.3) is 5.56 Å². The number of carbonyl (C=O) groups is 1. The summed E-state index contributed by atoms with van der Waals surface area (Å²) in [6.45, 7) is 0. The molecule has 0 spiro atoms. The molecule has 6 nitrogen and oxygen atoms in total. The van der Waals surface area contributed by atoms with Gasteiger partial charge in [0, 0.05) is 10.9 Å². The monoisotopic (exact) mass is 337 g/mol. The molecule has 0 saturated carbocycles. The van der Waals surface area contributed by atoms with Crippen molar-refractivity contribution in [2.45, 2.75) is 0 Å². The van der Waals surface area contributed by atoms with Gasteiger partial charge >= 0.3 is 0 Å². The number of methoxy groups -OCH3 is 3. The molecule has 2 heterocycles. The molecule has 1 aliphatic rings. The van der Waals surface area contributed by atoms with Gasteiger partial charge in [-0.25, -0.2) is 0 Å². The Morgan fingerprint density at radius 1 is 0.840 bits per heavy atom. The van der Waals surface area contributed by atoms with E-state index >= 15 is 0 Å². The van der Waals surface area contributed by atoms with Crippen LogP contribution < -0.4 is 19.8 Å². The number of benzene rings is 2. The van der Waals surface area contributed by atoms with Gasteiger partial charge in [0.1, 0.15) is 0 Å². The second-order valence-electron chi connectivity index (χ2n) is 5.62. The van der Waals surface area contributed by atoms with Crippen molar-refractivity contribution in [2.75, 3.05) is 21.3 Å². The van der Waals surface area contributed by atoms with Gasteiger partial charge in [0.05, 0.1) is 38.1 Å². The van der Waals surface area contributed by atoms with Gasteiger partial charge in [-0.3, -0.25) is 14.2 Å². The van der Waals surface area contributed by atoms with Crippen LogP contribution in [0.4, 0.5) is 0 Å².